The van der Waals surface area contributed by atoms with E-state index in [9.17, 15) is 14.9 Å². The first-order chi connectivity index (χ1) is 9.41. The molecule has 0 radical (unpaired) electrons. The molecule has 0 atom stereocenters. The third-order valence-electron chi connectivity index (χ3n) is 2.29. The van der Waals surface area contributed by atoms with Crippen LogP contribution in [0.3, 0.4) is 0 Å². The summed E-state index contributed by atoms with van der Waals surface area (Å²) >= 11 is 6.64. The lowest BCUT2D eigenvalue weighted by molar-refractivity contribution is -0.384. The van der Waals surface area contributed by atoms with E-state index in [0.29, 0.717) is 0 Å². The quantitative estimate of drug-likeness (QED) is 0.516. The second-order valence-corrected chi connectivity index (χ2v) is 4.65. The topological polar surface area (TPSA) is 122 Å². The molecule has 2 rings (SSSR count). The first-order valence-corrected chi connectivity index (χ1v) is 6.25. The number of halogens is 1. The lowest BCUT2D eigenvalue weighted by atomic mass is 10.4. The number of aromatic nitrogens is 3. The summed E-state index contributed by atoms with van der Waals surface area (Å²) < 4.78 is 0. The minimum Gasteiger partial charge on any atom is -0.476 e. The molecule has 0 saturated heterocycles. The number of aromatic carboxylic acids is 1. The van der Waals surface area contributed by atoms with Crippen LogP contribution < -0.4 is 4.90 Å². The molecule has 0 aliphatic carbocycles. The number of thiazole rings is 1. The Labute approximate surface area is 120 Å². The van der Waals surface area contributed by atoms with Crippen LogP contribution in [0.2, 0.25) is 5.28 Å². The molecule has 2 heterocycles. The van der Waals surface area contributed by atoms with Crippen molar-refractivity contribution in [2.45, 2.75) is 0 Å². The Hall–Kier alpha value is -2.33. The molecule has 11 heteroatoms. The maximum Gasteiger partial charge on any atom is 0.357 e. The summed E-state index contributed by atoms with van der Waals surface area (Å²) in [5.74, 6) is -1.35. The Morgan fingerprint density at radius 3 is 2.85 bits per heavy atom. The Kier molecular flexibility index (Phi) is 3.77. The molecule has 104 valence electrons. The first kappa shape index (κ1) is 14.1. The minimum atomic E-state index is -1.24. The number of hydrogen-bond donors (Lipinski definition) is 1. The van der Waals surface area contributed by atoms with Crippen LogP contribution in [0, 0.1) is 10.1 Å². The zero-order valence-corrected chi connectivity index (χ0v) is 11.4. The highest BCUT2D eigenvalue weighted by Crippen LogP contribution is 2.34. The van der Waals surface area contributed by atoms with Crippen molar-refractivity contribution >= 4 is 45.4 Å². The van der Waals surface area contributed by atoms with Crippen LogP contribution in [-0.2, 0) is 0 Å². The van der Waals surface area contributed by atoms with Gasteiger partial charge in [-0.25, -0.2) is 14.8 Å². The monoisotopic (exact) mass is 315 g/mol. The lowest BCUT2D eigenvalue weighted by Crippen LogP contribution is -2.15. The molecule has 0 unspecified atom stereocenters. The van der Waals surface area contributed by atoms with E-state index < -0.39 is 10.9 Å². The van der Waals surface area contributed by atoms with Crippen LogP contribution in [0.25, 0.3) is 0 Å². The molecular weight excluding hydrogens is 310 g/mol. The minimum absolute atomic E-state index is 0.109. The zero-order valence-electron chi connectivity index (χ0n) is 9.85. The molecule has 0 fully saturated rings. The van der Waals surface area contributed by atoms with Gasteiger partial charge < -0.3 is 10.0 Å². The van der Waals surface area contributed by atoms with Crippen molar-refractivity contribution in [2.24, 2.45) is 0 Å². The van der Waals surface area contributed by atoms with Crippen molar-refractivity contribution in [3.05, 3.63) is 32.8 Å². The number of carboxylic acid groups (broad SMARTS) is 1. The fraction of sp³-hybridized carbons (Fsp3) is 0.111. The van der Waals surface area contributed by atoms with Gasteiger partial charge in [-0.2, -0.15) is 4.98 Å². The molecule has 0 aliphatic rings. The molecule has 0 saturated carbocycles. The molecule has 0 spiro atoms. The summed E-state index contributed by atoms with van der Waals surface area (Å²) in [6.45, 7) is 0. The van der Waals surface area contributed by atoms with Crippen LogP contribution in [-0.4, -0.2) is 38.0 Å². The standard InChI is InChI=1S/C9H6ClN5O4S/c1-14(7-5(8(16)17)12-3-20-7)6-4(15(18)19)2-11-9(10)13-6/h2-3H,1H3,(H,16,17). The van der Waals surface area contributed by atoms with Crippen LogP contribution in [0.15, 0.2) is 11.7 Å². The molecule has 20 heavy (non-hydrogen) atoms. The molecular formula is C9H6ClN5O4S. The molecule has 9 nitrogen and oxygen atoms in total. The van der Waals surface area contributed by atoms with E-state index in [1.54, 1.807) is 0 Å². The molecule has 2 aromatic heterocycles. The number of rotatable bonds is 4. The summed E-state index contributed by atoms with van der Waals surface area (Å²) in [6, 6.07) is 0. The second-order valence-electron chi connectivity index (χ2n) is 3.48. The summed E-state index contributed by atoms with van der Waals surface area (Å²) in [7, 11) is 1.44. The van der Waals surface area contributed by atoms with E-state index in [1.807, 2.05) is 0 Å². The van der Waals surface area contributed by atoms with Crippen molar-refractivity contribution < 1.29 is 14.8 Å². The van der Waals surface area contributed by atoms with Crippen LogP contribution in [0.5, 0.6) is 0 Å². The summed E-state index contributed by atoms with van der Waals surface area (Å²) in [5, 5.41) is 20.0. The molecule has 1 N–H and O–H groups in total. The highest BCUT2D eigenvalue weighted by Gasteiger charge is 2.26. The maximum absolute atomic E-state index is 11.0. The van der Waals surface area contributed by atoms with E-state index in [4.69, 9.17) is 16.7 Å². The fourth-order valence-electron chi connectivity index (χ4n) is 1.44. The molecule has 0 amide bonds. The number of carboxylic acids is 1. The van der Waals surface area contributed by atoms with Gasteiger partial charge in [0.15, 0.2) is 5.69 Å². The lowest BCUT2D eigenvalue weighted by Gasteiger charge is -2.16. The Bertz CT molecular complexity index is 691. The van der Waals surface area contributed by atoms with Crippen molar-refractivity contribution in [3.8, 4) is 0 Å². The smallest absolute Gasteiger partial charge is 0.357 e. The number of nitro groups is 1. The van der Waals surface area contributed by atoms with Gasteiger partial charge in [-0.05, 0) is 11.6 Å². The maximum atomic E-state index is 11.0. The van der Waals surface area contributed by atoms with E-state index in [1.165, 1.54) is 17.5 Å². The largest absolute Gasteiger partial charge is 0.476 e. The van der Waals surface area contributed by atoms with Gasteiger partial charge in [-0.3, -0.25) is 10.1 Å². The Balaban J connectivity index is 2.55. The van der Waals surface area contributed by atoms with Crippen molar-refractivity contribution in [2.75, 3.05) is 11.9 Å². The van der Waals surface area contributed by atoms with Gasteiger partial charge in [-0.15, -0.1) is 11.3 Å². The van der Waals surface area contributed by atoms with Crippen molar-refractivity contribution in [1.82, 2.24) is 15.0 Å². The molecule has 0 bridgehead atoms. The number of hydrogen-bond acceptors (Lipinski definition) is 8. The van der Waals surface area contributed by atoms with E-state index in [-0.39, 0.29) is 27.5 Å². The SMILES string of the molecule is CN(c1nc(Cl)ncc1[N+](=O)[O-])c1scnc1C(=O)O. The van der Waals surface area contributed by atoms with Crippen LogP contribution in [0.1, 0.15) is 10.5 Å². The van der Waals surface area contributed by atoms with Gasteiger partial charge in [0.2, 0.25) is 11.1 Å². The first-order valence-electron chi connectivity index (χ1n) is 4.99. The normalized spacial score (nSPS) is 10.3. The zero-order chi connectivity index (χ0) is 14.9. The van der Waals surface area contributed by atoms with Crippen LogP contribution in [0.4, 0.5) is 16.5 Å². The predicted molar refractivity (Wildman–Crippen MR) is 70.8 cm³/mol. The van der Waals surface area contributed by atoms with E-state index in [2.05, 4.69) is 15.0 Å². The van der Waals surface area contributed by atoms with Gasteiger partial charge in [-0.1, -0.05) is 0 Å². The molecule has 0 aromatic carbocycles. The highest BCUT2D eigenvalue weighted by molar-refractivity contribution is 7.14. The van der Waals surface area contributed by atoms with E-state index >= 15 is 0 Å². The summed E-state index contributed by atoms with van der Waals surface area (Å²) in [5.41, 5.74) is 0.715. The average Bonchev–Trinajstić information content (AvgIpc) is 2.86. The van der Waals surface area contributed by atoms with Gasteiger partial charge in [0.25, 0.3) is 0 Å². The third kappa shape index (κ3) is 2.51. The number of nitrogens with zero attached hydrogens (tertiary/aromatic N) is 5. The Morgan fingerprint density at radius 2 is 2.25 bits per heavy atom. The van der Waals surface area contributed by atoms with Gasteiger partial charge in [0, 0.05) is 7.05 Å². The number of anilines is 2. The molecule has 2 aromatic rings. The van der Waals surface area contributed by atoms with Crippen molar-refractivity contribution in [1.29, 1.82) is 0 Å². The van der Waals surface area contributed by atoms with Gasteiger partial charge in [0.1, 0.15) is 11.2 Å². The third-order valence-corrected chi connectivity index (χ3v) is 3.37. The van der Waals surface area contributed by atoms with Gasteiger partial charge in [0.05, 0.1) is 10.4 Å². The summed E-state index contributed by atoms with van der Waals surface area (Å²) in [6.07, 6.45) is 0.961. The van der Waals surface area contributed by atoms with Crippen molar-refractivity contribution in [3.63, 3.8) is 0 Å². The van der Waals surface area contributed by atoms with Crippen LogP contribution >= 0.6 is 22.9 Å². The number of carbonyl (C=O) groups is 1. The van der Waals surface area contributed by atoms with Gasteiger partial charge >= 0.3 is 11.7 Å². The summed E-state index contributed by atoms with van der Waals surface area (Å²) in [4.78, 5) is 33.6. The van der Waals surface area contributed by atoms with E-state index in [0.717, 1.165) is 17.5 Å². The Morgan fingerprint density at radius 1 is 1.55 bits per heavy atom. The average molecular weight is 316 g/mol. The highest BCUT2D eigenvalue weighted by atomic mass is 35.5. The molecule has 0 aliphatic heterocycles. The second kappa shape index (κ2) is 5.35. The predicted octanol–water partition coefficient (Wildman–Crippen LogP) is 1.96. The fourth-order valence-corrected chi connectivity index (χ4v) is 2.33.